The van der Waals surface area contributed by atoms with Gasteiger partial charge in [-0.05, 0) is 18.2 Å². The first-order valence-corrected chi connectivity index (χ1v) is 6.07. The molecule has 0 radical (unpaired) electrons. The first kappa shape index (κ1) is 13.4. The number of rotatable bonds is 3. The summed E-state index contributed by atoms with van der Waals surface area (Å²) >= 11 is 11.1. The second-order valence-corrected chi connectivity index (χ2v) is 4.37. The summed E-state index contributed by atoms with van der Waals surface area (Å²) in [7, 11) is 1.55. The molecule has 0 spiro atoms. The molecular formula is C13H9ClN2O2S. The molecule has 96 valence electrons. The zero-order valence-electron chi connectivity index (χ0n) is 9.94. The van der Waals surface area contributed by atoms with Gasteiger partial charge in [-0.3, -0.25) is 0 Å². The highest BCUT2D eigenvalue weighted by atomic mass is 35.5. The Labute approximate surface area is 120 Å². The zero-order valence-corrected chi connectivity index (χ0v) is 11.5. The van der Waals surface area contributed by atoms with E-state index in [4.69, 9.17) is 38.6 Å². The molecule has 0 aliphatic rings. The summed E-state index contributed by atoms with van der Waals surface area (Å²) in [5, 5.41) is 9.45. The van der Waals surface area contributed by atoms with Gasteiger partial charge in [0.1, 0.15) is 33.5 Å². The number of methoxy groups -OCH3 is 1. The van der Waals surface area contributed by atoms with E-state index >= 15 is 0 Å². The lowest BCUT2D eigenvalue weighted by molar-refractivity contribution is 0.413. The van der Waals surface area contributed by atoms with E-state index in [2.05, 4.69) is 4.98 Å². The van der Waals surface area contributed by atoms with Crippen molar-refractivity contribution in [2.75, 3.05) is 7.11 Å². The summed E-state index contributed by atoms with van der Waals surface area (Å²) in [6, 6.07) is 8.64. The van der Waals surface area contributed by atoms with E-state index < -0.39 is 0 Å². The molecule has 0 unspecified atom stereocenters. The van der Waals surface area contributed by atoms with Gasteiger partial charge in [-0.25, -0.2) is 0 Å². The molecule has 0 saturated carbocycles. The molecule has 19 heavy (non-hydrogen) atoms. The lowest BCUT2D eigenvalue weighted by atomic mass is 10.2. The van der Waals surface area contributed by atoms with Crippen molar-refractivity contribution in [3.05, 3.63) is 45.7 Å². The van der Waals surface area contributed by atoms with Crippen molar-refractivity contribution in [1.29, 1.82) is 5.26 Å². The van der Waals surface area contributed by atoms with Crippen LogP contribution in [0, 0.1) is 16.0 Å². The van der Waals surface area contributed by atoms with Crippen LogP contribution in [0.1, 0.15) is 5.56 Å². The van der Waals surface area contributed by atoms with Gasteiger partial charge in [0.25, 0.3) is 0 Å². The number of halogens is 1. The third-order valence-electron chi connectivity index (χ3n) is 2.39. The van der Waals surface area contributed by atoms with Gasteiger partial charge in [-0.1, -0.05) is 23.8 Å². The summed E-state index contributed by atoms with van der Waals surface area (Å²) < 4.78 is 11.0. The van der Waals surface area contributed by atoms with Crippen LogP contribution in [0.25, 0.3) is 0 Å². The monoisotopic (exact) mass is 292 g/mol. The van der Waals surface area contributed by atoms with E-state index in [9.17, 15) is 0 Å². The number of aromatic nitrogens is 1. The lowest BCUT2D eigenvalue weighted by Gasteiger charge is -2.09. The summed E-state index contributed by atoms with van der Waals surface area (Å²) in [6.07, 6.45) is 1.61. The van der Waals surface area contributed by atoms with E-state index in [1.807, 2.05) is 6.07 Å². The Morgan fingerprint density at radius 3 is 2.74 bits per heavy atom. The van der Waals surface area contributed by atoms with E-state index in [0.29, 0.717) is 26.9 Å². The number of nitrogens with zero attached hydrogens (tertiary/aromatic N) is 1. The summed E-state index contributed by atoms with van der Waals surface area (Å²) in [4.78, 5) is 2.77. The fourth-order valence-corrected chi connectivity index (χ4v) is 1.88. The molecule has 0 saturated heterocycles. The fourth-order valence-electron chi connectivity index (χ4n) is 1.46. The van der Waals surface area contributed by atoms with E-state index in [1.165, 1.54) is 0 Å². The molecule has 1 aromatic carbocycles. The van der Waals surface area contributed by atoms with Crippen LogP contribution in [0.3, 0.4) is 0 Å². The number of aromatic amines is 1. The molecule has 0 fully saturated rings. The molecule has 0 aliphatic carbocycles. The summed E-state index contributed by atoms with van der Waals surface area (Å²) in [6.45, 7) is 0. The lowest BCUT2D eigenvalue weighted by Crippen LogP contribution is -1.92. The van der Waals surface area contributed by atoms with Crippen LogP contribution in [0.5, 0.6) is 17.2 Å². The van der Waals surface area contributed by atoms with Gasteiger partial charge in [0.05, 0.1) is 12.1 Å². The number of hydrogen-bond acceptors (Lipinski definition) is 4. The Kier molecular flexibility index (Phi) is 4.05. The first-order chi connectivity index (χ1) is 9.15. The minimum Gasteiger partial charge on any atom is -0.497 e. The predicted molar refractivity (Wildman–Crippen MR) is 74.4 cm³/mol. The SMILES string of the molecule is COc1ccc(Oc2cc[nH]c(=S)c2C#N)c(Cl)c1. The van der Waals surface area contributed by atoms with Gasteiger partial charge in [0.2, 0.25) is 0 Å². The maximum absolute atomic E-state index is 9.06. The Morgan fingerprint density at radius 1 is 1.32 bits per heavy atom. The molecule has 0 amide bonds. The highest BCUT2D eigenvalue weighted by Crippen LogP contribution is 2.33. The molecule has 1 N–H and O–H groups in total. The largest absolute Gasteiger partial charge is 0.497 e. The van der Waals surface area contributed by atoms with Crippen LogP contribution in [0.2, 0.25) is 5.02 Å². The average Bonchev–Trinajstić information content (AvgIpc) is 2.41. The van der Waals surface area contributed by atoms with Crippen molar-refractivity contribution in [2.45, 2.75) is 0 Å². The number of nitrogens with one attached hydrogen (secondary N) is 1. The fraction of sp³-hybridized carbons (Fsp3) is 0.0769. The standard InChI is InChI=1S/C13H9ClN2O2S/c1-17-8-2-3-12(10(14)6-8)18-11-4-5-16-13(19)9(11)7-15/h2-6H,1H3,(H,16,19). The Balaban J connectivity index is 2.40. The highest BCUT2D eigenvalue weighted by Gasteiger charge is 2.09. The number of hydrogen-bond donors (Lipinski definition) is 1. The van der Waals surface area contributed by atoms with E-state index in [1.54, 1.807) is 37.6 Å². The van der Waals surface area contributed by atoms with Gasteiger partial charge in [0.15, 0.2) is 0 Å². The molecule has 1 aromatic heterocycles. The van der Waals surface area contributed by atoms with Gasteiger partial charge >= 0.3 is 0 Å². The van der Waals surface area contributed by atoms with Crippen molar-refractivity contribution >= 4 is 23.8 Å². The van der Waals surface area contributed by atoms with Gasteiger partial charge in [-0.2, -0.15) is 5.26 Å². The maximum atomic E-state index is 9.06. The van der Waals surface area contributed by atoms with Crippen LogP contribution in [-0.2, 0) is 0 Å². The third kappa shape index (κ3) is 2.87. The zero-order chi connectivity index (χ0) is 13.8. The molecular weight excluding hydrogens is 284 g/mol. The van der Waals surface area contributed by atoms with Crippen molar-refractivity contribution in [2.24, 2.45) is 0 Å². The molecule has 2 rings (SSSR count). The molecule has 2 aromatic rings. The van der Waals surface area contributed by atoms with Crippen LogP contribution in [-0.4, -0.2) is 12.1 Å². The van der Waals surface area contributed by atoms with E-state index in [0.717, 1.165) is 0 Å². The topological polar surface area (TPSA) is 58.0 Å². The number of nitriles is 1. The smallest absolute Gasteiger partial charge is 0.149 e. The molecule has 0 bridgehead atoms. The Bertz CT molecular complexity index is 707. The minimum atomic E-state index is 0.268. The van der Waals surface area contributed by atoms with Crippen molar-refractivity contribution in [3.8, 4) is 23.3 Å². The number of H-pyrrole nitrogens is 1. The first-order valence-electron chi connectivity index (χ1n) is 5.29. The van der Waals surface area contributed by atoms with Crippen LogP contribution < -0.4 is 9.47 Å². The van der Waals surface area contributed by atoms with Crippen molar-refractivity contribution < 1.29 is 9.47 Å². The number of benzene rings is 1. The molecule has 0 aliphatic heterocycles. The highest BCUT2D eigenvalue weighted by molar-refractivity contribution is 7.71. The average molecular weight is 293 g/mol. The third-order valence-corrected chi connectivity index (χ3v) is 3.01. The number of pyridine rings is 1. The summed E-state index contributed by atoms with van der Waals surface area (Å²) in [5.41, 5.74) is 0.268. The van der Waals surface area contributed by atoms with E-state index in [-0.39, 0.29) is 5.56 Å². The van der Waals surface area contributed by atoms with Crippen LogP contribution >= 0.6 is 23.8 Å². The van der Waals surface area contributed by atoms with Crippen molar-refractivity contribution in [3.63, 3.8) is 0 Å². The second kappa shape index (κ2) is 5.74. The van der Waals surface area contributed by atoms with Gasteiger partial charge in [-0.15, -0.1) is 0 Å². The van der Waals surface area contributed by atoms with Gasteiger partial charge in [0, 0.05) is 12.3 Å². The minimum absolute atomic E-state index is 0.268. The Hall–Kier alpha value is -2.03. The summed E-state index contributed by atoms with van der Waals surface area (Å²) in [5.74, 6) is 1.42. The van der Waals surface area contributed by atoms with Gasteiger partial charge < -0.3 is 14.5 Å². The quantitative estimate of drug-likeness (QED) is 0.866. The maximum Gasteiger partial charge on any atom is 0.149 e. The number of ether oxygens (including phenoxy) is 2. The van der Waals surface area contributed by atoms with Crippen LogP contribution in [0.15, 0.2) is 30.5 Å². The van der Waals surface area contributed by atoms with Crippen LogP contribution in [0.4, 0.5) is 0 Å². The Morgan fingerprint density at radius 2 is 2.11 bits per heavy atom. The molecule has 0 atom stereocenters. The second-order valence-electron chi connectivity index (χ2n) is 3.56. The normalized spacial score (nSPS) is 9.74. The molecule has 1 heterocycles. The molecule has 6 heteroatoms. The predicted octanol–water partition coefficient (Wildman–Crippen LogP) is 4.07. The molecule has 4 nitrogen and oxygen atoms in total. The van der Waals surface area contributed by atoms with Crippen molar-refractivity contribution in [1.82, 2.24) is 4.98 Å².